The molecule has 2 N–H and O–H groups in total. The topological polar surface area (TPSA) is 63.1 Å². The molecule has 238 valence electrons. The highest BCUT2D eigenvalue weighted by Crippen LogP contribution is 2.28. The molecule has 1 aromatic heterocycles. The van der Waals surface area contributed by atoms with Gasteiger partial charge in [-0.2, -0.15) is 0 Å². The lowest BCUT2D eigenvalue weighted by Crippen LogP contribution is -2.52. The van der Waals surface area contributed by atoms with Crippen molar-refractivity contribution >= 4 is 33.6 Å². The molecule has 3 atom stereocenters. The van der Waals surface area contributed by atoms with Crippen molar-refractivity contribution in [3.8, 4) is 0 Å². The summed E-state index contributed by atoms with van der Waals surface area (Å²) in [6.07, 6.45) is 20.7. The van der Waals surface area contributed by atoms with Gasteiger partial charge in [0.2, 0.25) is 11.8 Å². The van der Waals surface area contributed by atoms with Gasteiger partial charge in [0.15, 0.2) is 0 Å². The van der Waals surface area contributed by atoms with Crippen LogP contribution in [0.25, 0.3) is 21.8 Å². The van der Waals surface area contributed by atoms with Crippen LogP contribution in [0.5, 0.6) is 0 Å². The Balaban J connectivity index is 1.37. The number of hydrogen-bond acceptors (Lipinski definition) is 2. The molecule has 3 aromatic rings. The summed E-state index contributed by atoms with van der Waals surface area (Å²) in [6.45, 7) is 8.67. The second-order valence-corrected chi connectivity index (χ2v) is 12.8. The number of nitrogens with one attached hydrogen (secondary N) is 2. The molecular formula is C38H59N3O2. The summed E-state index contributed by atoms with van der Waals surface area (Å²) < 4.78 is 2.06. The van der Waals surface area contributed by atoms with Crippen LogP contribution < -0.4 is 10.6 Å². The van der Waals surface area contributed by atoms with Crippen molar-refractivity contribution in [1.82, 2.24) is 15.2 Å². The highest BCUT2D eigenvalue weighted by molar-refractivity contribution is 6.08. The summed E-state index contributed by atoms with van der Waals surface area (Å²) in [5.41, 5.74) is 2.07. The number of para-hydroxylation sites is 2. The molecule has 3 rings (SSSR count). The largest absolute Gasteiger partial charge is 0.352 e. The van der Waals surface area contributed by atoms with Crippen molar-refractivity contribution in [1.29, 1.82) is 0 Å². The van der Waals surface area contributed by atoms with Crippen LogP contribution in [-0.4, -0.2) is 28.5 Å². The van der Waals surface area contributed by atoms with E-state index in [-0.39, 0.29) is 30.3 Å². The molecule has 1 heterocycles. The molecule has 5 nitrogen and oxygen atoms in total. The van der Waals surface area contributed by atoms with E-state index in [2.05, 4.69) is 60.2 Å². The van der Waals surface area contributed by atoms with E-state index in [1.165, 1.54) is 83.5 Å². The van der Waals surface area contributed by atoms with Crippen molar-refractivity contribution in [3.05, 3.63) is 48.5 Å². The van der Waals surface area contributed by atoms with Crippen LogP contribution in [0.1, 0.15) is 130 Å². The van der Waals surface area contributed by atoms with Crippen molar-refractivity contribution < 1.29 is 9.59 Å². The van der Waals surface area contributed by atoms with Gasteiger partial charge in [0, 0.05) is 27.8 Å². The van der Waals surface area contributed by atoms with Crippen molar-refractivity contribution in [2.75, 3.05) is 0 Å². The Morgan fingerprint density at radius 2 is 1.12 bits per heavy atom. The molecule has 0 saturated heterocycles. The highest BCUT2D eigenvalue weighted by atomic mass is 16.2. The Hall–Kier alpha value is -2.82. The van der Waals surface area contributed by atoms with E-state index in [0.29, 0.717) is 0 Å². The fourth-order valence-corrected chi connectivity index (χ4v) is 6.29. The first kappa shape index (κ1) is 34.7. The SMILES string of the molecule is CCCCCCCCCCCCCCCCC(C)NC(=O)[C@@H](NC(=O)Cn1c2ccccc2c2ccccc21)C(C)CC. The predicted octanol–water partition coefficient (Wildman–Crippen LogP) is 9.70. The zero-order valence-electron chi connectivity index (χ0n) is 27.6. The molecule has 0 spiro atoms. The zero-order valence-corrected chi connectivity index (χ0v) is 27.6. The third-order valence-corrected chi connectivity index (χ3v) is 9.17. The number of carbonyl (C=O) groups excluding carboxylic acids is 2. The van der Waals surface area contributed by atoms with Crippen LogP contribution in [0.3, 0.4) is 0 Å². The Labute approximate surface area is 261 Å². The lowest BCUT2D eigenvalue weighted by Gasteiger charge is -2.26. The fraction of sp³-hybridized carbons (Fsp3) is 0.632. The molecule has 0 aliphatic carbocycles. The average molecular weight is 590 g/mol. The number of hydrogen-bond donors (Lipinski definition) is 2. The normalized spacial score (nSPS) is 13.7. The van der Waals surface area contributed by atoms with Gasteiger partial charge in [0.1, 0.15) is 12.6 Å². The van der Waals surface area contributed by atoms with Crippen LogP contribution in [0, 0.1) is 5.92 Å². The summed E-state index contributed by atoms with van der Waals surface area (Å²) in [5.74, 6) is -0.148. The fourth-order valence-electron chi connectivity index (χ4n) is 6.29. The maximum Gasteiger partial charge on any atom is 0.243 e. The van der Waals surface area contributed by atoms with Crippen LogP contribution >= 0.6 is 0 Å². The number of carbonyl (C=O) groups is 2. The summed E-state index contributed by atoms with van der Waals surface area (Å²) >= 11 is 0. The number of amides is 2. The van der Waals surface area contributed by atoms with Gasteiger partial charge in [-0.3, -0.25) is 9.59 Å². The van der Waals surface area contributed by atoms with E-state index in [0.717, 1.165) is 41.1 Å². The Morgan fingerprint density at radius 3 is 1.60 bits per heavy atom. The monoisotopic (exact) mass is 589 g/mol. The third kappa shape index (κ3) is 11.3. The first-order chi connectivity index (χ1) is 21.0. The minimum absolute atomic E-state index is 0.0513. The van der Waals surface area contributed by atoms with Crippen LogP contribution in [0.15, 0.2) is 48.5 Å². The standard InChI is InChI=1S/C38H59N3O2/c1-5-7-8-9-10-11-12-13-14-15-16-17-18-19-24-31(4)39-38(43)37(30(3)6-2)40-36(42)29-41-34-27-22-20-25-32(34)33-26-21-23-28-35(33)41/h20-23,25-28,30-31,37H,5-19,24,29H2,1-4H3,(H,39,43)(H,40,42)/t30?,31?,37-/m0/s1. The van der Waals surface area contributed by atoms with E-state index in [9.17, 15) is 9.59 Å². The molecule has 0 radical (unpaired) electrons. The van der Waals surface area contributed by atoms with Gasteiger partial charge >= 0.3 is 0 Å². The lowest BCUT2D eigenvalue weighted by atomic mass is 9.97. The summed E-state index contributed by atoms with van der Waals surface area (Å²) in [5, 5.41) is 8.57. The Morgan fingerprint density at radius 1 is 0.651 bits per heavy atom. The van der Waals surface area contributed by atoms with E-state index in [4.69, 9.17) is 0 Å². The molecule has 0 aliphatic rings. The van der Waals surface area contributed by atoms with Gasteiger partial charge < -0.3 is 15.2 Å². The van der Waals surface area contributed by atoms with Crippen LogP contribution in [0.2, 0.25) is 0 Å². The van der Waals surface area contributed by atoms with Gasteiger partial charge in [-0.1, -0.05) is 153 Å². The van der Waals surface area contributed by atoms with Gasteiger partial charge in [-0.05, 0) is 31.4 Å². The van der Waals surface area contributed by atoms with E-state index in [1.807, 2.05) is 31.2 Å². The van der Waals surface area contributed by atoms with Gasteiger partial charge in [-0.25, -0.2) is 0 Å². The van der Waals surface area contributed by atoms with Crippen molar-refractivity contribution in [2.45, 2.75) is 149 Å². The lowest BCUT2D eigenvalue weighted by molar-refractivity contribution is -0.130. The summed E-state index contributed by atoms with van der Waals surface area (Å²) in [6, 6.07) is 15.9. The van der Waals surface area contributed by atoms with Gasteiger partial charge in [0.05, 0.1) is 0 Å². The summed E-state index contributed by atoms with van der Waals surface area (Å²) in [7, 11) is 0. The number of aromatic nitrogens is 1. The molecule has 2 unspecified atom stereocenters. The number of rotatable bonds is 22. The Bertz CT molecular complexity index is 1180. The van der Waals surface area contributed by atoms with Gasteiger partial charge in [-0.15, -0.1) is 0 Å². The van der Waals surface area contributed by atoms with Crippen molar-refractivity contribution in [3.63, 3.8) is 0 Å². The van der Waals surface area contributed by atoms with Crippen LogP contribution in [-0.2, 0) is 16.1 Å². The van der Waals surface area contributed by atoms with Crippen LogP contribution in [0.4, 0.5) is 0 Å². The third-order valence-electron chi connectivity index (χ3n) is 9.17. The molecule has 0 aliphatic heterocycles. The molecule has 0 fully saturated rings. The second-order valence-electron chi connectivity index (χ2n) is 12.8. The minimum Gasteiger partial charge on any atom is -0.352 e. The van der Waals surface area contributed by atoms with Crippen molar-refractivity contribution in [2.24, 2.45) is 5.92 Å². The predicted molar refractivity (Wildman–Crippen MR) is 183 cm³/mol. The number of nitrogens with zero attached hydrogens (tertiary/aromatic N) is 1. The first-order valence-corrected chi connectivity index (χ1v) is 17.5. The Kier molecular flexibility index (Phi) is 15.7. The maximum atomic E-state index is 13.3. The number of fused-ring (bicyclic) bond motifs is 3. The summed E-state index contributed by atoms with van der Waals surface area (Å²) in [4.78, 5) is 26.7. The highest BCUT2D eigenvalue weighted by Gasteiger charge is 2.27. The smallest absolute Gasteiger partial charge is 0.243 e. The molecule has 43 heavy (non-hydrogen) atoms. The average Bonchev–Trinajstić information content (AvgIpc) is 3.32. The number of benzene rings is 2. The zero-order chi connectivity index (χ0) is 30.9. The first-order valence-electron chi connectivity index (χ1n) is 17.5. The molecule has 0 saturated carbocycles. The van der Waals surface area contributed by atoms with Gasteiger partial charge in [0.25, 0.3) is 0 Å². The molecule has 2 aromatic carbocycles. The van der Waals surface area contributed by atoms with E-state index >= 15 is 0 Å². The molecule has 5 heteroatoms. The van der Waals surface area contributed by atoms with E-state index in [1.54, 1.807) is 0 Å². The maximum absolute atomic E-state index is 13.3. The van der Waals surface area contributed by atoms with E-state index < -0.39 is 6.04 Å². The quantitative estimate of drug-likeness (QED) is 0.115. The number of unbranched alkanes of at least 4 members (excludes halogenated alkanes) is 13. The molecule has 2 amide bonds. The minimum atomic E-state index is -0.538. The molecular weight excluding hydrogens is 530 g/mol. The molecule has 0 bridgehead atoms. The second kappa shape index (κ2) is 19.5.